The van der Waals surface area contributed by atoms with Crippen molar-refractivity contribution in [1.29, 1.82) is 0 Å². The van der Waals surface area contributed by atoms with Crippen molar-refractivity contribution in [2.24, 2.45) is 5.92 Å². The summed E-state index contributed by atoms with van der Waals surface area (Å²) in [5, 5.41) is 15.2. The number of carboxylic acids is 1. The first-order valence-electron chi connectivity index (χ1n) is 5.79. The van der Waals surface area contributed by atoms with E-state index < -0.39 is 5.97 Å². The molecule has 0 aromatic heterocycles. The van der Waals surface area contributed by atoms with E-state index in [0.717, 1.165) is 19.7 Å². The Morgan fingerprint density at radius 3 is 2.69 bits per heavy atom. The van der Waals surface area contributed by atoms with E-state index in [9.17, 15) is 4.79 Å². The molecule has 3 N–H and O–H groups in total. The molecule has 1 rings (SSSR count). The number of hydrogen-bond donors (Lipinski definition) is 3. The lowest BCUT2D eigenvalue weighted by Gasteiger charge is -2.42. The third-order valence-corrected chi connectivity index (χ3v) is 2.61. The summed E-state index contributed by atoms with van der Waals surface area (Å²) in [6, 6.07) is 0. The van der Waals surface area contributed by atoms with Crippen molar-refractivity contribution in [3.8, 4) is 0 Å². The predicted molar refractivity (Wildman–Crippen MR) is 61.5 cm³/mol. The zero-order chi connectivity index (χ0) is 12.0. The highest BCUT2D eigenvalue weighted by Gasteiger charge is 2.38. The Morgan fingerprint density at radius 1 is 1.56 bits per heavy atom. The van der Waals surface area contributed by atoms with Crippen LogP contribution in [0.2, 0.25) is 0 Å². The summed E-state index contributed by atoms with van der Waals surface area (Å²) in [4.78, 5) is 10.7. The van der Waals surface area contributed by atoms with E-state index >= 15 is 0 Å². The predicted octanol–water partition coefficient (Wildman–Crippen LogP) is 0.0653. The molecule has 0 spiro atoms. The second-order valence-corrected chi connectivity index (χ2v) is 4.85. The van der Waals surface area contributed by atoms with Gasteiger partial charge in [0, 0.05) is 26.2 Å². The fourth-order valence-electron chi connectivity index (χ4n) is 1.74. The Hall–Kier alpha value is -0.650. The monoisotopic (exact) mass is 230 g/mol. The number of carbonyl (C=O) groups is 1. The van der Waals surface area contributed by atoms with Gasteiger partial charge < -0.3 is 20.5 Å². The van der Waals surface area contributed by atoms with Crippen LogP contribution in [-0.4, -0.2) is 49.5 Å². The van der Waals surface area contributed by atoms with Gasteiger partial charge in [0.2, 0.25) is 0 Å². The van der Waals surface area contributed by atoms with E-state index in [4.69, 9.17) is 9.84 Å². The molecule has 0 atom stereocenters. The third kappa shape index (κ3) is 4.47. The molecule has 0 saturated carbocycles. The average Bonchev–Trinajstić information content (AvgIpc) is 2.11. The highest BCUT2D eigenvalue weighted by Crippen LogP contribution is 2.15. The molecule has 1 saturated heterocycles. The van der Waals surface area contributed by atoms with Crippen LogP contribution in [0.25, 0.3) is 0 Å². The average molecular weight is 230 g/mol. The second kappa shape index (κ2) is 6.18. The molecule has 94 valence electrons. The molecule has 0 radical (unpaired) electrons. The van der Waals surface area contributed by atoms with Crippen molar-refractivity contribution in [2.45, 2.75) is 25.8 Å². The minimum Gasteiger partial charge on any atom is -0.481 e. The van der Waals surface area contributed by atoms with Crippen LogP contribution < -0.4 is 10.6 Å². The summed E-state index contributed by atoms with van der Waals surface area (Å²) in [5.41, 5.74) is -0.257. The van der Waals surface area contributed by atoms with E-state index in [2.05, 4.69) is 24.5 Å². The van der Waals surface area contributed by atoms with Gasteiger partial charge in [-0.3, -0.25) is 4.79 Å². The lowest BCUT2D eigenvalue weighted by molar-refractivity contribution is -0.139. The Balaban J connectivity index is 2.12. The second-order valence-electron chi connectivity index (χ2n) is 4.85. The summed E-state index contributed by atoms with van der Waals surface area (Å²) in [7, 11) is 0. The van der Waals surface area contributed by atoms with Crippen LogP contribution in [0.15, 0.2) is 0 Å². The highest BCUT2D eigenvalue weighted by molar-refractivity contribution is 5.68. The topological polar surface area (TPSA) is 70.6 Å². The van der Waals surface area contributed by atoms with Crippen molar-refractivity contribution >= 4 is 5.97 Å². The van der Waals surface area contributed by atoms with Crippen LogP contribution in [-0.2, 0) is 9.53 Å². The summed E-state index contributed by atoms with van der Waals surface area (Å²) in [6.45, 7) is 7.77. The molecule has 0 bridgehead atoms. The van der Waals surface area contributed by atoms with Crippen LogP contribution in [0.5, 0.6) is 0 Å². The minimum atomic E-state index is -0.753. The summed E-state index contributed by atoms with van der Waals surface area (Å²) in [5.74, 6) is -0.213. The fourth-order valence-corrected chi connectivity index (χ4v) is 1.74. The van der Waals surface area contributed by atoms with Gasteiger partial charge in [-0.25, -0.2) is 0 Å². The number of aliphatic carboxylic acids is 1. The van der Waals surface area contributed by atoms with E-state index in [1.54, 1.807) is 0 Å². The van der Waals surface area contributed by atoms with Crippen molar-refractivity contribution in [1.82, 2.24) is 10.6 Å². The molecule has 0 amide bonds. The lowest BCUT2D eigenvalue weighted by atomic mass is 9.88. The van der Waals surface area contributed by atoms with Gasteiger partial charge in [-0.2, -0.15) is 0 Å². The maximum atomic E-state index is 10.7. The number of ether oxygens (including phenoxy) is 1. The van der Waals surface area contributed by atoms with Crippen molar-refractivity contribution in [3.05, 3.63) is 0 Å². The van der Waals surface area contributed by atoms with Gasteiger partial charge in [-0.15, -0.1) is 0 Å². The molecular weight excluding hydrogens is 208 g/mol. The zero-order valence-corrected chi connectivity index (χ0v) is 10.1. The maximum absolute atomic E-state index is 10.7. The van der Waals surface area contributed by atoms with Gasteiger partial charge in [0.15, 0.2) is 0 Å². The number of rotatable bonds is 8. The van der Waals surface area contributed by atoms with Crippen LogP contribution >= 0.6 is 0 Å². The highest BCUT2D eigenvalue weighted by atomic mass is 16.5. The maximum Gasteiger partial charge on any atom is 0.305 e. The molecule has 0 aromatic carbocycles. The van der Waals surface area contributed by atoms with Crippen molar-refractivity contribution in [3.63, 3.8) is 0 Å². The number of nitrogens with one attached hydrogen (secondary N) is 2. The summed E-state index contributed by atoms with van der Waals surface area (Å²) >= 11 is 0. The molecule has 5 heteroatoms. The van der Waals surface area contributed by atoms with Crippen LogP contribution in [0, 0.1) is 5.92 Å². The van der Waals surface area contributed by atoms with Gasteiger partial charge in [-0.1, -0.05) is 13.8 Å². The van der Waals surface area contributed by atoms with Crippen LogP contribution in [0.4, 0.5) is 0 Å². The summed E-state index contributed by atoms with van der Waals surface area (Å²) in [6.07, 6.45) is 0.171. The van der Waals surface area contributed by atoms with Crippen LogP contribution in [0.1, 0.15) is 20.3 Å². The van der Waals surface area contributed by atoms with E-state index in [1.807, 2.05) is 0 Å². The first-order chi connectivity index (χ1) is 7.54. The third-order valence-electron chi connectivity index (χ3n) is 2.61. The quantitative estimate of drug-likeness (QED) is 0.515. The van der Waals surface area contributed by atoms with Crippen molar-refractivity contribution < 1.29 is 14.6 Å². The first kappa shape index (κ1) is 13.4. The fraction of sp³-hybridized carbons (Fsp3) is 0.909. The van der Waals surface area contributed by atoms with E-state index in [0.29, 0.717) is 19.1 Å². The SMILES string of the molecule is CC(C)COCCNC1(CC(=O)O)CNC1. The van der Waals surface area contributed by atoms with E-state index in [-0.39, 0.29) is 12.0 Å². The normalized spacial score (nSPS) is 18.4. The Kier molecular flexibility index (Phi) is 5.18. The van der Waals surface area contributed by atoms with Crippen molar-refractivity contribution in [2.75, 3.05) is 32.8 Å². The van der Waals surface area contributed by atoms with Crippen LogP contribution in [0.3, 0.4) is 0 Å². The molecule has 0 aromatic rings. The van der Waals surface area contributed by atoms with Gasteiger partial charge in [0.1, 0.15) is 0 Å². The molecule has 5 nitrogen and oxygen atoms in total. The minimum absolute atomic E-state index is 0.171. The molecule has 1 fully saturated rings. The molecule has 0 aliphatic carbocycles. The molecule has 16 heavy (non-hydrogen) atoms. The first-order valence-corrected chi connectivity index (χ1v) is 5.79. The molecule has 1 heterocycles. The molecule has 0 unspecified atom stereocenters. The van der Waals surface area contributed by atoms with Gasteiger partial charge in [-0.05, 0) is 5.92 Å². The molecule has 1 aliphatic heterocycles. The standard InChI is InChI=1S/C11H22N2O3/c1-9(2)6-16-4-3-13-11(5-10(14)15)7-12-8-11/h9,12-13H,3-8H2,1-2H3,(H,14,15). The smallest absolute Gasteiger partial charge is 0.305 e. The number of hydrogen-bond acceptors (Lipinski definition) is 4. The molecular formula is C11H22N2O3. The van der Waals surface area contributed by atoms with E-state index in [1.165, 1.54) is 0 Å². The number of carboxylic acid groups (broad SMARTS) is 1. The van der Waals surface area contributed by atoms with Gasteiger partial charge >= 0.3 is 5.97 Å². The van der Waals surface area contributed by atoms with Gasteiger partial charge in [0.05, 0.1) is 18.6 Å². The summed E-state index contributed by atoms with van der Waals surface area (Å²) < 4.78 is 5.43. The Labute approximate surface area is 96.6 Å². The Bertz CT molecular complexity index is 227. The lowest BCUT2D eigenvalue weighted by Crippen LogP contribution is -2.68. The Morgan fingerprint density at radius 2 is 2.25 bits per heavy atom. The molecule has 1 aliphatic rings. The van der Waals surface area contributed by atoms with Gasteiger partial charge in [0.25, 0.3) is 0 Å². The zero-order valence-electron chi connectivity index (χ0n) is 10.1. The largest absolute Gasteiger partial charge is 0.481 e.